The van der Waals surface area contributed by atoms with Gasteiger partial charge in [0.25, 0.3) is 0 Å². The molecule has 1 saturated heterocycles. The Labute approximate surface area is 109 Å². The zero-order valence-corrected chi connectivity index (χ0v) is 12.0. The van der Waals surface area contributed by atoms with Crippen molar-refractivity contribution in [2.45, 2.75) is 25.1 Å². The SMILES string of the molecule is C=CC[Si@@]1(Cl)O[C@@H](c2ccccc2)[C@H](C)N1C. The number of allylic oxidation sites excluding steroid dienone is 1. The minimum Gasteiger partial charge on any atom is -0.383 e. The molecule has 1 aromatic rings. The van der Waals surface area contributed by atoms with Crippen LogP contribution in [0.3, 0.4) is 0 Å². The Morgan fingerprint density at radius 1 is 1.47 bits per heavy atom. The minimum atomic E-state index is -2.31. The highest BCUT2D eigenvalue weighted by Gasteiger charge is 2.51. The smallest absolute Gasteiger partial charge is 0.377 e. The van der Waals surface area contributed by atoms with Crippen LogP contribution in [0.4, 0.5) is 0 Å². The fourth-order valence-corrected chi connectivity index (χ4v) is 5.69. The molecule has 1 fully saturated rings. The van der Waals surface area contributed by atoms with Gasteiger partial charge in [-0.2, -0.15) is 0 Å². The molecule has 17 heavy (non-hydrogen) atoms. The third-order valence-corrected chi connectivity index (χ3v) is 7.81. The average molecular weight is 268 g/mol. The molecule has 2 nitrogen and oxygen atoms in total. The van der Waals surface area contributed by atoms with E-state index in [1.807, 2.05) is 24.3 Å². The first-order chi connectivity index (χ1) is 8.08. The summed E-state index contributed by atoms with van der Waals surface area (Å²) in [5, 5.41) is 0. The van der Waals surface area contributed by atoms with Gasteiger partial charge < -0.3 is 4.43 Å². The van der Waals surface area contributed by atoms with Crippen molar-refractivity contribution in [3.8, 4) is 0 Å². The van der Waals surface area contributed by atoms with Crippen molar-refractivity contribution in [2.24, 2.45) is 0 Å². The number of likely N-dealkylation sites (N-methyl/N-ethyl adjacent to an activating group) is 1. The Balaban J connectivity index is 2.25. The van der Waals surface area contributed by atoms with Crippen LogP contribution in [0.1, 0.15) is 18.6 Å². The van der Waals surface area contributed by atoms with E-state index in [0.717, 1.165) is 6.04 Å². The first-order valence-electron chi connectivity index (χ1n) is 5.84. The average Bonchev–Trinajstić information content (AvgIpc) is 2.56. The molecule has 0 spiro atoms. The van der Waals surface area contributed by atoms with E-state index >= 15 is 0 Å². The van der Waals surface area contributed by atoms with Gasteiger partial charge in [-0.15, -0.1) is 17.7 Å². The van der Waals surface area contributed by atoms with Gasteiger partial charge in [0.15, 0.2) is 0 Å². The summed E-state index contributed by atoms with van der Waals surface area (Å²) >= 11 is 6.63. The predicted molar refractivity (Wildman–Crippen MR) is 74.1 cm³/mol. The van der Waals surface area contributed by atoms with Crippen LogP contribution < -0.4 is 0 Å². The van der Waals surface area contributed by atoms with Crippen molar-refractivity contribution >= 4 is 18.9 Å². The molecule has 0 N–H and O–H groups in total. The van der Waals surface area contributed by atoms with Gasteiger partial charge in [0.05, 0.1) is 6.10 Å². The lowest BCUT2D eigenvalue weighted by Gasteiger charge is -2.24. The number of rotatable bonds is 3. The fourth-order valence-electron chi connectivity index (χ4n) is 2.24. The van der Waals surface area contributed by atoms with E-state index in [2.05, 4.69) is 37.2 Å². The lowest BCUT2D eigenvalue weighted by Crippen LogP contribution is -2.44. The Kier molecular flexibility index (Phi) is 3.73. The molecule has 0 bridgehead atoms. The first kappa shape index (κ1) is 12.8. The summed E-state index contributed by atoms with van der Waals surface area (Å²) in [6.07, 6.45) is 1.93. The molecule has 1 heterocycles. The predicted octanol–water partition coefficient (Wildman–Crippen LogP) is 3.44. The molecule has 0 aromatic heterocycles. The van der Waals surface area contributed by atoms with Crippen molar-refractivity contribution in [3.05, 3.63) is 48.6 Å². The van der Waals surface area contributed by atoms with Crippen molar-refractivity contribution < 1.29 is 4.43 Å². The molecule has 0 saturated carbocycles. The number of hydrogen-bond donors (Lipinski definition) is 0. The van der Waals surface area contributed by atoms with Gasteiger partial charge in [-0.05, 0) is 19.5 Å². The highest BCUT2D eigenvalue weighted by Crippen LogP contribution is 2.41. The molecule has 0 amide bonds. The zero-order chi connectivity index (χ0) is 12.5. The number of nitrogens with zero attached hydrogens (tertiary/aromatic N) is 1. The summed E-state index contributed by atoms with van der Waals surface area (Å²) in [7, 11) is -0.259. The number of hydrogen-bond acceptors (Lipinski definition) is 2. The molecule has 4 heteroatoms. The summed E-state index contributed by atoms with van der Waals surface area (Å²) in [4.78, 5) is 0. The van der Waals surface area contributed by atoms with E-state index in [-0.39, 0.29) is 6.10 Å². The minimum absolute atomic E-state index is 0.0744. The second kappa shape index (κ2) is 4.94. The molecule has 2 rings (SSSR count). The zero-order valence-electron chi connectivity index (χ0n) is 10.3. The molecule has 92 valence electrons. The van der Waals surface area contributed by atoms with Crippen LogP contribution in [0.2, 0.25) is 6.04 Å². The molecular formula is C13H18ClNOSi. The summed E-state index contributed by atoms with van der Waals surface area (Å²) in [6.45, 7) is 5.93. The van der Waals surface area contributed by atoms with Crippen LogP contribution in [-0.2, 0) is 4.43 Å². The van der Waals surface area contributed by atoms with E-state index in [1.165, 1.54) is 5.56 Å². The lowest BCUT2D eigenvalue weighted by molar-refractivity contribution is 0.207. The number of halogens is 1. The molecule has 0 aliphatic carbocycles. The van der Waals surface area contributed by atoms with E-state index in [4.69, 9.17) is 15.5 Å². The van der Waals surface area contributed by atoms with Crippen LogP contribution >= 0.6 is 11.1 Å². The van der Waals surface area contributed by atoms with Crippen LogP contribution in [0.5, 0.6) is 0 Å². The molecule has 1 aliphatic heterocycles. The molecule has 3 atom stereocenters. The first-order valence-corrected chi connectivity index (χ1v) is 8.91. The summed E-state index contributed by atoms with van der Waals surface area (Å²) in [5.41, 5.74) is 1.20. The Bertz CT molecular complexity index is 400. The Morgan fingerprint density at radius 3 is 2.71 bits per heavy atom. The van der Waals surface area contributed by atoms with E-state index < -0.39 is 7.79 Å². The van der Waals surface area contributed by atoms with Gasteiger partial charge in [-0.3, -0.25) is 4.57 Å². The monoisotopic (exact) mass is 267 g/mol. The summed E-state index contributed by atoms with van der Waals surface area (Å²) in [5.74, 6) is 0. The summed E-state index contributed by atoms with van der Waals surface area (Å²) in [6, 6.07) is 11.3. The van der Waals surface area contributed by atoms with Gasteiger partial charge in [0.2, 0.25) is 0 Å². The second-order valence-corrected chi connectivity index (χ2v) is 8.98. The maximum Gasteiger partial charge on any atom is 0.377 e. The molecule has 0 unspecified atom stereocenters. The molecule has 1 aromatic carbocycles. The molecular weight excluding hydrogens is 250 g/mol. The van der Waals surface area contributed by atoms with Gasteiger partial charge in [-0.1, -0.05) is 36.4 Å². The van der Waals surface area contributed by atoms with Crippen LogP contribution in [0.25, 0.3) is 0 Å². The van der Waals surface area contributed by atoms with Gasteiger partial charge >= 0.3 is 7.79 Å². The number of benzene rings is 1. The third-order valence-electron chi connectivity index (χ3n) is 3.41. The highest BCUT2D eigenvalue weighted by atomic mass is 35.6. The standard InChI is InChI=1S/C13H18ClNOSi/c1-4-10-17(14)15(3)11(2)13(16-17)12-8-6-5-7-9-12/h4-9,11,13H,1,10H2,2-3H3/t11-,13+,17-/m0/s1. The van der Waals surface area contributed by atoms with E-state index in [0.29, 0.717) is 6.04 Å². The lowest BCUT2D eigenvalue weighted by atomic mass is 10.0. The topological polar surface area (TPSA) is 12.5 Å². The van der Waals surface area contributed by atoms with Crippen molar-refractivity contribution in [3.63, 3.8) is 0 Å². The third kappa shape index (κ3) is 2.33. The Hall–Kier alpha value is -0.613. The quantitative estimate of drug-likeness (QED) is 0.473. The van der Waals surface area contributed by atoms with Crippen molar-refractivity contribution in [1.82, 2.24) is 4.57 Å². The molecule has 1 aliphatic rings. The Morgan fingerprint density at radius 2 is 2.12 bits per heavy atom. The fraction of sp³-hybridized carbons (Fsp3) is 0.385. The van der Waals surface area contributed by atoms with Crippen molar-refractivity contribution in [2.75, 3.05) is 7.05 Å². The van der Waals surface area contributed by atoms with Gasteiger partial charge in [0, 0.05) is 12.1 Å². The van der Waals surface area contributed by atoms with Crippen LogP contribution in [0, 0.1) is 0 Å². The summed E-state index contributed by atoms with van der Waals surface area (Å²) < 4.78 is 8.36. The van der Waals surface area contributed by atoms with E-state index in [9.17, 15) is 0 Å². The largest absolute Gasteiger partial charge is 0.383 e. The van der Waals surface area contributed by atoms with Gasteiger partial charge in [-0.25, -0.2) is 0 Å². The van der Waals surface area contributed by atoms with Crippen molar-refractivity contribution in [1.29, 1.82) is 0 Å². The molecule has 0 radical (unpaired) electrons. The van der Waals surface area contributed by atoms with E-state index in [1.54, 1.807) is 0 Å². The van der Waals surface area contributed by atoms with Crippen LogP contribution in [-0.4, -0.2) is 25.4 Å². The van der Waals surface area contributed by atoms with Gasteiger partial charge in [0.1, 0.15) is 0 Å². The van der Waals surface area contributed by atoms with Crippen LogP contribution in [0.15, 0.2) is 43.0 Å². The maximum absolute atomic E-state index is 6.63. The normalized spacial score (nSPS) is 33.8. The highest BCUT2D eigenvalue weighted by molar-refractivity contribution is 7.15. The second-order valence-electron chi connectivity index (χ2n) is 4.48. The maximum atomic E-state index is 6.63.